The van der Waals surface area contributed by atoms with E-state index in [9.17, 15) is 9.90 Å². The van der Waals surface area contributed by atoms with E-state index in [1.165, 1.54) is 18.6 Å². The van der Waals surface area contributed by atoms with Gasteiger partial charge in [0.15, 0.2) is 5.69 Å². The zero-order valence-electron chi connectivity index (χ0n) is 13.4. The van der Waals surface area contributed by atoms with Gasteiger partial charge < -0.3 is 10.0 Å². The standard InChI is InChI=1S/C17H17N5O2/c1-12(21(2)17(24)16-15(23)4-3-9-19-16)13-5-7-14(8-6-13)22-11-18-10-20-22/h3-12,23H,1-2H3. The Hall–Kier alpha value is -3.22. The molecule has 0 fully saturated rings. The summed E-state index contributed by atoms with van der Waals surface area (Å²) in [5.74, 6) is -0.455. The van der Waals surface area contributed by atoms with Crippen LogP contribution in [0.1, 0.15) is 29.0 Å². The van der Waals surface area contributed by atoms with E-state index in [2.05, 4.69) is 15.1 Å². The van der Waals surface area contributed by atoms with Crippen LogP contribution >= 0.6 is 0 Å². The number of rotatable bonds is 4. The molecule has 1 amide bonds. The van der Waals surface area contributed by atoms with Crippen LogP contribution in [0.15, 0.2) is 55.2 Å². The number of pyridine rings is 1. The van der Waals surface area contributed by atoms with Crippen molar-refractivity contribution in [3.8, 4) is 11.4 Å². The van der Waals surface area contributed by atoms with Gasteiger partial charge in [-0.05, 0) is 36.8 Å². The number of benzene rings is 1. The molecule has 2 aromatic heterocycles. The Morgan fingerprint density at radius 2 is 2.00 bits per heavy atom. The number of carbonyl (C=O) groups excluding carboxylic acids is 1. The van der Waals surface area contributed by atoms with Crippen LogP contribution in [0.4, 0.5) is 0 Å². The van der Waals surface area contributed by atoms with Crippen LogP contribution in [0, 0.1) is 0 Å². The van der Waals surface area contributed by atoms with Crippen LogP contribution in [0.3, 0.4) is 0 Å². The van der Waals surface area contributed by atoms with Crippen molar-refractivity contribution in [3.63, 3.8) is 0 Å². The van der Waals surface area contributed by atoms with Crippen molar-refractivity contribution in [2.75, 3.05) is 7.05 Å². The molecule has 0 aliphatic heterocycles. The highest BCUT2D eigenvalue weighted by Gasteiger charge is 2.22. The maximum atomic E-state index is 12.5. The SMILES string of the molecule is CC(c1ccc(-n2cncn2)cc1)N(C)C(=O)c1ncccc1O. The quantitative estimate of drug-likeness (QED) is 0.795. The molecule has 1 N–H and O–H groups in total. The number of nitrogens with zero attached hydrogens (tertiary/aromatic N) is 5. The first-order chi connectivity index (χ1) is 11.6. The lowest BCUT2D eigenvalue weighted by molar-refractivity contribution is 0.0733. The highest BCUT2D eigenvalue weighted by atomic mass is 16.3. The maximum Gasteiger partial charge on any atom is 0.276 e. The lowest BCUT2D eigenvalue weighted by Gasteiger charge is -2.25. The smallest absolute Gasteiger partial charge is 0.276 e. The number of aromatic hydroxyl groups is 1. The summed E-state index contributed by atoms with van der Waals surface area (Å²) in [5, 5.41) is 13.9. The fourth-order valence-electron chi connectivity index (χ4n) is 2.38. The molecule has 1 unspecified atom stereocenters. The molecule has 2 heterocycles. The van der Waals surface area contributed by atoms with Gasteiger partial charge >= 0.3 is 0 Å². The van der Waals surface area contributed by atoms with Gasteiger partial charge in [0.1, 0.15) is 18.4 Å². The predicted molar refractivity (Wildman–Crippen MR) is 87.8 cm³/mol. The summed E-state index contributed by atoms with van der Waals surface area (Å²) >= 11 is 0. The molecule has 0 saturated heterocycles. The number of aromatic nitrogens is 4. The molecule has 3 rings (SSSR count). The van der Waals surface area contributed by atoms with Crippen LogP contribution in [0.5, 0.6) is 5.75 Å². The normalized spacial score (nSPS) is 11.9. The first kappa shape index (κ1) is 15.7. The average Bonchev–Trinajstić information content (AvgIpc) is 3.15. The number of carbonyl (C=O) groups is 1. The van der Waals surface area contributed by atoms with Crippen LogP contribution in [0.25, 0.3) is 5.69 Å². The van der Waals surface area contributed by atoms with Crippen molar-refractivity contribution >= 4 is 5.91 Å². The summed E-state index contributed by atoms with van der Waals surface area (Å²) in [6, 6.07) is 10.6. The van der Waals surface area contributed by atoms with Gasteiger partial charge in [-0.15, -0.1) is 0 Å². The molecule has 24 heavy (non-hydrogen) atoms. The van der Waals surface area contributed by atoms with E-state index in [0.29, 0.717) is 0 Å². The zero-order valence-corrected chi connectivity index (χ0v) is 13.4. The second-order valence-corrected chi connectivity index (χ2v) is 5.39. The van der Waals surface area contributed by atoms with Crippen molar-refractivity contribution in [3.05, 3.63) is 66.5 Å². The summed E-state index contributed by atoms with van der Waals surface area (Å²) in [6.45, 7) is 1.92. The summed E-state index contributed by atoms with van der Waals surface area (Å²) in [6.07, 6.45) is 4.58. The van der Waals surface area contributed by atoms with Gasteiger partial charge in [0, 0.05) is 13.2 Å². The lowest BCUT2D eigenvalue weighted by atomic mass is 10.1. The molecule has 7 nitrogen and oxygen atoms in total. The van der Waals surface area contributed by atoms with E-state index in [-0.39, 0.29) is 23.4 Å². The summed E-state index contributed by atoms with van der Waals surface area (Å²) in [4.78, 5) is 21.9. The van der Waals surface area contributed by atoms with E-state index in [0.717, 1.165) is 11.3 Å². The molecule has 7 heteroatoms. The number of hydrogen-bond acceptors (Lipinski definition) is 5. The molecule has 0 spiro atoms. The van der Waals surface area contributed by atoms with Crippen LogP contribution in [-0.4, -0.2) is 42.7 Å². The van der Waals surface area contributed by atoms with E-state index >= 15 is 0 Å². The van der Waals surface area contributed by atoms with Crippen LogP contribution in [-0.2, 0) is 0 Å². The first-order valence-electron chi connectivity index (χ1n) is 7.44. The Balaban J connectivity index is 1.79. The third kappa shape index (κ3) is 2.96. The van der Waals surface area contributed by atoms with Crippen LogP contribution in [0.2, 0.25) is 0 Å². The third-order valence-corrected chi connectivity index (χ3v) is 3.95. The fraction of sp³-hybridized carbons (Fsp3) is 0.176. The molecule has 0 bridgehead atoms. The van der Waals surface area contributed by atoms with Gasteiger partial charge in [-0.3, -0.25) is 4.79 Å². The highest BCUT2D eigenvalue weighted by molar-refractivity contribution is 5.94. The zero-order chi connectivity index (χ0) is 17.1. The van der Waals surface area contributed by atoms with Gasteiger partial charge in [-0.1, -0.05) is 12.1 Å². The minimum absolute atomic E-state index is 0.0473. The Labute approximate surface area is 139 Å². The van der Waals surface area contributed by atoms with Crippen molar-refractivity contribution < 1.29 is 9.90 Å². The number of amides is 1. The third-order valence-electron chi connectivity index (χ3n) is 3.95. The average molecular weight is 323 g/mol. The van der Waals surface area contributed by atoms with Crippen molar-refractivity contribution in [1.82, 2.24) is 24.6 Å². The van der Waals surface area contributed by atoms with Gasteiger partial charge in [0.2, 0.25) is 0 Å². The highest BCUT2D eigenvalue weighted by Crippen LogP contribution is 2.23. The maximum absolute atomic E-state index is 12.5. The molecule has 0 radical (unpaired) electrons. The number of hydrogen-bond donors (Lipinski definition) is 1. The Kier molecular flexibility index (Phi) is 4.24. The fourth-order valence-corrected chi connectivity index (χ4v) is 2.38. The van der Waals surface area contributed by atoms with E-state index in [1.54, 1.807) is 29.0 Å². The van der Waals surface area contributed by atoms with Crippen molar-refractivity contribution in [2.24, 2.45) is 0 Å². The summed E-state index contributed by atoms with van der Waals surface area (Å²) in [5.41, 5.74) is 1.90. The van der Waals surface area contributed by atoms with E-state index in [4.69, 9.17) is 0 Å². The molecular weight excluding hydrogens is 306 g/mol. The largest absolute Gasteiger partial charge is 0.505 e. The molecule has 0 saturated carbocycles. The molecule has 0 aliphatic rings. The molecule has 1 aromatic carbocycles. The Morgan fingerprint density at radius 1 is 1.25 bits per heavy atom. The summed E-state index contributed by atoms with van der Waals surface area (Å²) in [7, 11) is 1.69. The van der Waals surface area contributed by atoms with Gasteiger partial charge in [-0.25, -0.2) is 14.6 Å². The monoisotopic (exact) mass is 323 g/mol. The second-order valence-electron chi connectivity index (χ2n) is 5.39. The van der Waals surface area contributed by atoms with Gasteiger partial charge in [-0.2, -0.15) is 5.10 Å². The Bertz CT molecular complexity index is 830. The molecule has 0 aliphatic carbocycles. The van der Waals surface area contributed by atoms with Crippen molar-refractivity contribution in [1.29, 1.82) is 0 Å². The molecule has 3 aromatic rings. The molecular formula is C17H17N5O2. The topological polar surface area (TPSA) is 84.1 Å². The van der Waals surface area contributed by atoms with Gasteiger partial charge in [0.25, 0.3) is 5.91 Å². The van der Waals surface area contributed by atoms with Crippen LogP contribution < -0.4 is 0 Å². The second kappa shape index (κ2) is 6.49. The Morgan fingerprint density at radius 3 is 2.62 bits per heavy atom. The predicted octanol–water partition coefficient (Wildman–Crippen LogP) is 2.20. The molecule has 122 valence electrons. The van der Waals surface area contributed by atoms with E-state index in [1.807, 2.05) is 31.2 Å². The summed E-state index contributed by atoms with van der Waals surface area (Å²) < 4.78 is 1.66. The minimum atomic E-state index is -0.332. The van der Waals surface area contributed by atoms with E-state index < -0.39 is 0 Å². The molecule has 1 atom stereocenters. The van der Waals surface area contributed by atoms with Crippen molar-refractivity contribution in [2.45, 2.75) is 13.0 Å². The minimum Gasteiger partial charge on any atom is -0.505 e. The first-order valence-corrected chi connectivity index (χ1v) is 7.44. The lowest BCUT2D eigenvalue weighted by Crippen LogP contribution is -2.30. The van der Waals surface area contributed by atoms with Gasteiger partial charge in [0.05, 0.1) is 11.7 Å².